The van der Waals surface area contributed by atoms with Crippen molar-refractivity contribution in [2.75, 3.05) is 12.4 Å². The minimum atomic E-state index is -0.103. The number of nitrogens with one attached hydrogen (secondary N) is 1. The van der Waals surface area contributed by atoms with Crippen molar-refractivity contribution < 1.29 is 5.11 Å². The molecule has 3 heterocycles. The maximum Gasteiger partial charge on any atom is 0.154 e. The molecule has 6 nitrogen and oxygen atoms in total. The number of benzene rings is 1. The smallest absolute Gasteiger partial charge is 0.154 e. The third kappa shape index (κ3) is 3.84. The van der Waals surface area contributed by atoms with E-state index in [9.17, 15) is 5.11 Å². The third-order valence-electron chi connectivity index (χ3n) is 5.02. The van der Waals surface area contributed by atoms with E-state index in [4.69, 9.17) is 4.98 Å². The van der Waals surface area contributed by atoms with Crippen LogP contribution in [0.5, 0.6) is 0 Å². The highest BCUT2D eigenvalue weighted by molar-refractivity contribution is 5.96. The Morgan fingerprint density at radius 3 is 2.66 bits per heavy atom. The van der Waals surface area contributed by atoms with Crippen molar-refractivity contribution in [1.29, 1.82) is 0 Å². The van der Waals surface area contributed by atoms with Gasteiger partial charge >= 0.3 is 0 Å². The van der Waals surface area contributed by atoms with Crippen LogP contribution in [0, 0.1) is 0 Å². The fourth-order valence-electron chi connectivity index (χ4n) is 3.47. The van der Waals surface area contributed by atoms with Crippen molar-refractivity contribution in [3.05, 3.63) is 66.1 Å². The Balaban J connectivity index is 1.84. The molecule has 0 unspecified atom stereocenters. The minimum Gasteiger partial charge on any atom is -0.390 e. The standard InChI is InChI=1S/C23H25N5O/c1-3-4-7-17-8-5-10-20(26-17)16-12-21(24-2)19-14-25-28(22(19)13-16)23-11-6-9-18(15-29)27-23/h5-6,8-14,24,29H,3-4,7,15H2,1-2H3. The molecule has 0 bridgehead atoms. The molecule has 4 aromatic rings. The molecule has 0 atom stereocenters. The normalized spacial score (nSPS) is 11.1. The summed E-state index contributed by atoms with van der Waals surface area (Å²) in [5.74, 6) is 0.676. The predicted molar refractivity (Wildman–Crippen MR) is 116 cm³/mol. The van der Waals surface area contributed by atoms with Gasteiger partial charge in [0.1, 0.15) is 0 Å². The first-order chi connectivity index (χ1) is 14.2. The van der Waals surface area contributed by atoms with E-state index in [2.05, 4.69) is 46.6 Å². The lowest BCUT2D eigenvalue weighted by molar-refractivity contribution is 0.276. The lowest BCUT2D eigenvalue weighted by atomic mass is 10.1. The van der Waals surface area contributed by atoms with Crippen molar-refractivity contribution in [1.82, 2.24) is 19.7 Å². The average molecular weight is 387 g/mol. The molecule has 2 N–H and O–H groups in total. The number of hydrogen-bond acceptors (Lipinski definition) is 5. The number of rotatable bonds is 7. The topological polar surface area (TPSA) is 75.9 Å². The monoisotopic (exact) mass is 387 g/mol. The Kier molecular flexibility index (Phi) is 5.53. The Morgan fingerprint density at radius 1 is 1.03 bits per heavy atom. The van der Waals surface area contributed by atoms with Crippen molar-refractivity contribution in [3.63, 3.8) is 0 Å². The van der Waals surface area contributed by atoms with Gasteiger partial charge in [0.05, 0.1) is 29.7 Å². The molecule has 0 amide bonds. The molecule has 0 radical (unpaired) electrons. The second-order valence-corrected chi connectivity index (χ2v) is 7.03. The summed E-state index contributed by atoms with van der Waals surface area (Å²) < 4.78 is 1.81. The Morgan fingerprint density at radius 2 is 1.86 bits per heavy atom. The fourth-order valence-corrected chi connectivity index (χ4v) is 3.47. The second kappa shape index (κ2) is 8.41. The third-order valence-corrected chi connectivity index (χ3v) is 5.02. The number of anilines is 1. The molecule has 4 rings (SSSR count). The van der Waals surface area contributed by atoms with Gasteiger partial charge in [0.25, 0.3) is 0 Å². The summed E-state index contributed by atoms with van der Waals surface area (Å²) in [4.78, 5) is 9.37. The first-order valence-electron chi connectivity index (χ1n) is 9.96. The molecule has 0 aliphatic heterocycles. The number of hydrogen-bond donors (Lipinski definition) is 2. The molecule has 0 fully saturated rings. The van der Waals surface area contributed by atoms with Crippen LogP contribution in [0.15, 0.2) is 54.7 Å². The van der Waals surface area contributed by atoms with Gasteiger partial charge in [-0.1, -0.05) is 25.5 Å². The predicted octanol–water partition coefficient (Wildman–Crippen LogP) is 4.36. The summed E-state index contributed by atoms with van der Waals surface area (Å²) in [6, 6.07) is 16.0. The van der Waals surface area contributed by atoms with Gasteiger partial charge in [-0.25, -0.2) is 9.67 Å². The van der Waals surface area contributed by atoms with Crippen LogP contribution in [0.1, 0.15) is 31.2 Å². The number of aryl methyl sites for hydroxylation is 1. The number of fused-ring (bicyclic) bond motifs is 1. The lowest BCUT2D eigenvalue weighted by Gasteiger charge is -2.10. The number of nitrogens with zero attached hydrogens (tertiary/aromatic N) is 4. The van der Waals surface area contributed by atoms with Gasteiger partial charge in [-0.3, -0.25) is 4.98 Å². The maximum atomic E-state index is 9.42. The fraction of sp³-hybridized carbons (Fsp3) is 0.261. The van der Waals surface area contributed by atoms with Gasteiger partial charge in [-0.05, 0) is 49.2 Å². The van der Waals surface area contributed by atoms with Gasteiger partial charge in [0, 0.05) is 29.4 Å². The second-order valence-electron chi connectivity index (χ2n) is 7.03. The molecule has 1 aromatic carbocycles. The molecule has 6 heteroatoms. The molecule has 3 aromatic heterocycles. The zero-order valence-electron chi connectivity index (χ0n) is 16.8. The van der Waals surface area contributed by atoms with E-state index < -0.39 is 0 Å². The van der Waals surface area contributed by atoms with Gasteiger partial charge < -0.3 is 10.4 Å². The minimum absolute atomic E-state index is 0.103. The molecule has 0 saturated carbocycles. The number of aliphatic hydroxyl groups is 1. The highest BCUT2D eigenvalue weighted by Crippen LogP contribution is 2.31. The summed E-state index contributed by atoms with van der Waals surface area (Å²) in [5.41, 5.74) is 5.63. The van der Waals surface area contributed by atoms with E-state index in [1.165, 1.54) is 0 Å². The molecule has 29 heavy (non-hydrogen) atoms. The number of pyridine rings is 2. The molecule has 0 saturated heterocycles. The van der Waals surface area contributed by atoms with Gasteiger partial charge in [-0.2, -0.15) is 5.10 Å². The van der Waals surface area contributed by atoms with Crippen molar-refractivity contribution in [3.8, 4) is 17.1 Å². The molecule has 0 spiro atoms. The molecular formula is C23H25N5O. The highest BCUT2D eigenvalue weighted by atomic mass is 16.3. The van der Waals surface area contributed by atoms with Gasteiger partial charge in [-0.15, -0.1) is 0 Å². The van der Waals surface area contributed by atoms with Crippen LogP contribution in [-0.4, -0.2) is 31.9 Å². The van der Waals surface area contributed by atoms with E-state index >= 15 is 0 Å². The molecule has 0 aliphatic carbocycles. The SMILES string of the molecule is CCCCc1cccc(-c2cc(NC)c3cnn(-c4cccc(CO)n4)c3c2)n1. The summed E-state index contributed by atoms with van der Waals surface area (Å²) >= 11 is 0. The highest BCUT2D eigenvalue weighted by Gasteiger charge is 2.13. The first kappa shape index (κ1) is 19.1. The van der Waals surface area contributed by atoms with Crippen LogP contribution in [0.4, 0.5) is 5.69 Å². The van der Waals surface area contributed by atoms with Crippen LogP contribution < -0.4 is 5.32 Å². The van der Waals surface area contributed by atoms with Gasteiger partial charge in [0.15, 0.2) is 5.82 Å². The first-order valence-corrected chi connectivity index (χ1v) is 9.96. The van der Waals surface area contributed by atoms with Crippen molar-refractivity contribution in [2.45, 2.75) is 32.8 Å². The zero-order valence-corrected chi connectivity index (χ0v) is 16.8. The van der Waals surface area contributed by atoms with Gasteiger partial charge in [0.2, 0.25) is 0 Å². The van der Waals surface area contributed by atoms with Crippen LogP contribution in [0.2, 0.25) is 0 Å². The van der Waals surface area contributed by atoms with Crippen molar-refractivity contribution in [2.24, 2.45) is 0 Å². The van der Waals surface area contributed by atoms with E-state index in [-0.39, 0.29) is 6.61 Å². The Labute approximate surface area is 170 Å². The summed E-state index contributed by atoms with van der Waals surface area (Å²) in [7, 11) is 1.91. The summed E-state index contributed by atoms with van der Waals surface area (Å²) in [5, 5.41) is 18.3. The van der Waals surface area contributed by atoms with Crippen LogP contribution in [0.3, 0.4) is 0 Å². The Hall–Kier alpha value is -3.25. The molecule has 148 valence electrons. The van der Waals surface area contributed by atoms with Crippen LogP contribution in [0.25, 0.3) is 28.0 Å². The Bertz CT molecular complexity index is 1140. The van der Waals surface area contributed by atoms with E-state index in [0.29, 0.717) is 11.5 Å². The van der Waals surface area contributed by atoms with E-state index in [1.807, 2.05) is 31.4 Å². The number of aromatic nitrogens is 4. The van der Waals surface area contributed by atoms with Crippen molar-refractivity contribution >= 4 is 16.6 Å². The number of unbranched alkanes of at least 4 members (excludes halogenated alkanes) is 1. The van der Waals surface area contributed by atoms with Crippen LogP contribution >= 0.6 is 0 Å². The summed E-state index contributed by atoms with van der Waals surface area (Å²) in [6.07, 6.45) is 5.11. The molecular weight excluding hydrogens is 362 g/mol. The largest absolute Gasteiger partial charge is 0.390 e. The number of aliphatic hydroxyl groups excluding tert-OH is 1. The molecule has 0 aliphatic rings. The maximum absolute atomic E-state index is 9.42. The average Bonchev–Trinajstić information content (AvgIpc) is 3.21. The quantitative estimate of drug-likeness (QED) is 0.493. The van der Waals surface area contributed by atoms with E-state index in [0.717, 1.165) is 52.8 Å². The van der Waals surface area contributed by atoms with Crippen LogP contribution in [-0.2, 0) is 13.0 Å². The van der Waals surface area contributed by atoms with E-state index in [1.54, 1.807) is 10.7 Å². The lowest BCUT2D eigenvalue weighted by Crippen LogP contribution is -2.02. The summed E-state index contributed by atoms with van der Waals surface area (Å²) in [6.45, 7) is 2.09. The zero-order chi connectivity index (χ0) is 20.2.